The number of amides is 1. The minimum Gasteiger partial charge on any atom is -0.317 e. The first-order valence-electron chi connectivity index (χ1n) is 8.27. The Morgan fingerprint density at radius 1 is 1.32 bits per heavy atom. The van der Waals surface area contributed by atoms with Gasteiger partial charge in [0.15, 0.2) is 0 Å². The van der Waals surface area contributed by atoms with Crippen molar-refractivity contribution in [1.82, 2.24) is 5.32 Å². The number of nitrogens with zero attached hydrogens (tertiary/aromatic N) is 1. The molecule has 2 unspecified atom stereocenters. The van der Waals surface area contributed by atoms with Gasteiger partial charge in [0.1, 0.15) is 0 Å². The molecule has 2 aliphatic heterocycles. The summed E-state index contributed by atoms with van der Waals surface area (Å²) in [6, 6.07) is 8.64. The van der Waals surface area contributed by atoms with Crippen LogP contribution >= 0.6 is 12.4 Å². The Hall–Kier alpha value is -1.06. The summed E-state index contributed by atoms with van der Waals surface area (Å²) in [6.07, 6.45) is 4.09. The van der Waals surface area contributed by atoms with E-state index < -0.39 is 0 Å². The molecule has 1 aromatic rings. The highest BCUT2D eigenvalue weighted by molar-refractivity contribution is 5.96. The molecule has 1 aromatic carbocycles. The Labute approximate surface area is 139 Å². The Kier molecular flexibility index (Phi) is 5.87. The number of benzene rings is 1. The van der Waals surface area contributed by atoms with Crippen molar-refractivity contribution < 1.29 is 4.79 Å². The molecule has 1 amide bonds. The fraction of sp³-hybridized carbons (Fsp3) is 0.611. The van der Waals surface area contributed by atoms with E-state index in [2.05, 4.69) is 37.4 Å². The molecule has 2 heterocycles. The first-order valence-corrected chi connectivity index (χ1v) is 8.27. The van der Waals surface area contributed by atoms with Crippen LogP contribution in [0.5, 0.6) is 0 Å². The van der Waals surface area contributed by atoms with Crippen LogP contribution in [0.1, 0.15) is 38.7 Å². The zero-order chi connectivity index (χ0) is 14.8. The highest BCUT2D eigenvalue weighted by Gasteiger charge is 2.32. The molecule has 0 spiro atoms. The molecule has 1 fully saturated rings. The molecule has 3 nitrogen and oxygen atoms in total. The van der Waals surface area contributed by atoms with Crippen molar-refractivity contribution in [3.05, 3.63) is 29.8 Å². The number of para-hydroxylation sites is 1. The smallest absolute Gasteiger partial charge is 0.227 e. The van der Waals surface area contributed by atoms with Gasteiger partial charge in [0.2, 0.25) is 5.91 Å². The molecule has 2 atom stereocenters. The maximum Gasteiger partial charge on any atom is 0.227 e. The van der Waals surface area contributed by atoms with Gasteiger partial charge in [-0.05, 0) is 62.7 Å². The van der Waals surface area contributed by atoms with Crippen LogP contribution < -0.4 is 10.2 Å². The number of piperidine rings is 1. The molecular weight excluding hydrogens is 296 g/mol. The second kappa shape index (κ2) is 7.47. The topological polar surface area (TPSA) is 32.3 Å². The lowest BCUT2D eigenvalue weighted by Gasteiger charge is -2.30. The maximum atomic E-state index is 12.8. The average molecular weight is 323 g/mol. The molecule has 22 heavy (non-hydrogen) atoms. The lowest BCUT2D eigenvalue weighted by Crippen LogP contribution is -2.38. The zero-order valence-corrected chi connectivity index (χ0v) is 14.4. The van der Waals surface area contributed by atoms with Gasteiger partial charge in [0.25, 0.3) is 0 Å². The third-order valence-corrected chi connectivity index (χ3v) is 5.16. The summed E-state index contributed by atoms with van der Waals surface area (Å²) in [5.41, 5.74) is 2.44. The molecule has 0 aromatic heterocycles. The van der Waals surface area contributed by atoms with Crippen molar-refractivity contribution in [3.63, 3.8) is 0 Å². The second-order valence-electron chi connectivity index (χ2n) is 6.71. The van der Waals surface area contributed by atoms with Crippen LogP contribution in [0.15, 0.2) is 24.3 Å². The third kappa shape index (κ3) is 3.47. The van der Waals surface area contributed by atoms with E-state index in [1.165, 1.54) is 18.4 Å². The fourth-order valence-corrected chi connectivity index (χ4v) is 3.90. The van der Waals surface area contributed by atoms with Crippen LogP contribution in [0, 0.1) is 11.8 Å². The number of anilines is 1. The van der Waals surface area contributed by atoms with Gasteiger partial charge in [-0.3, -0.25) is 4.79 Å². The predicted octanol–water partition coefficient (Wildman–Crippen LogP) is 3.41. The summed E-state index contributed by atoms with van der Waals surface area (Å²) in [5.74, 6) is 1.49. The van der Waals surface area contributed by atoms with E-state index in [0.717, 1.165) is 25.2 Å². The summed E-state index contributed by atoms with van der Waals surface area (Å²) in [5, 5.41) is 3.40. The Morgan fingerprint density at radius 2 is 2.00 bits per heavy atom. The number of nitrogens with one attached hydrogen (secondary N) is 1. The number of hydrogen-bond donors (Lipinski definition) is 1. The van der Waals surface area contributed by atoms with E-state index >= 15 is 0 Å². The van der Waals surface area contributed by atoms with Crippen molar-refractivity contribution in [2.24, 2.45) is 11.8 Å². The third-order valence-electron chi connectivity index (χ3n) is 5.16. The second-order valence-corrected chi connectivity index (χ2v) is 6.71. The standard InChI is InChI=1S/C18H26N2O.ClH/c1-13(15-7-9-19-10-8-15)11-18(21)20-14(2)12-16-5-3-4-6-17(16)20;/h3-6,13-15,19H,7-12H2,1-2H3;1H. The van der Waals surface area contributed by atoms with Gasteiger partial charge in [-0.2, -0.15) is 0 Å². The van der Waals surface area contributed by atoms with Crippen molar-refractivity contribution in [1.29, 1.82) is 0 Å². The van der Waals surface area contributed by atoms with E-state index in [0.29, 0.717) is 30.2 Å². The van der Waals surface area contributed by atoms with Crippen LogP contribution in [0.2, 0.25) is 0 Å². The Morgan fingerprint density at radius 3 is 2.73 bits per heavy atom. The summed E-state index contributed by atoms with van der Waals surface area (Å²) < 4.78 is 0. The summed E-state index contributed by atoms with van der Waals surface area (Å²) >= 11 is 0. The normalized spacial score (nSPS) is 22.8. The number of fused-ring (bicyclic) bond motifs is 1. The molecule has 0 aliphatic carbocycles. The number of carbonyl (C=O) groups is 1. The van der Waals surface area contributed by atoms with E-state index in [4.69, 9.17) is 0 Å². The number of rotatable bonds is 3. The van der Waals surface area contributed by atoms with Crippen LogP contribution in [0.4, 0.5) is 5.69 Å². The minimum atomic E-state index is 0. The SMILES string of the molecule is CC(CC(=O)N1c2ccccc2CC1C)C1CCNCC1.Cl. The number of hydrogen-bond acceptors (Lipinski definition) is 2. The number of halogens is 1. The average Bonchev–Trinajstić information content (AvgIpc) is 2.83. The van der Waals surface area contributed by atoms with E-state index in [1.54, 1.807) is 0 Å². The monoisotopic (exact) mass is 322 g/mol. The van der Waals surface area contributed by atoms with Gasteiger partial charge < -0.3 is 10.2 Å². The van der Waals surface area contributed by atoms with Gasteiger partial charge in [0, 0.05) is 18.2 Å². The zero-order valence-electron chi connectivity index (χ0n) is 13.5. The molecule has 2 aliphatic rings. The summed E-state index contributed by atoms with van der Waals surface area (Å²) in [7, 11) is 0. The lowest BCUT2D eigenvalue weighted by atomic mass is 9.84. The quantitative estimate of drug-likeness (QED) is 0.925. The molecule has 4 heteroatoms. The fourth-order valence-electron chi connectivity index (χ4n) is 3.90. The van der Waals surface area contributed by atoms with Crippen LogP contribution in [0.3, 0.4) is 0 Å². The van der Waals surface area contributed by atoms with E-state index in [-0.39, 0.29) is 12.4 Å². The van der Waals surface area contributed by atoms with Crippen LogP contribution in [0.25, 0.3) is 0 Å². The first-order chi connectivity index (χ1) is 10.2. The molecule has 0 bridgehead atoms. The molecule has 1 N–H and O–H groups in total. The predicted molar refractivity (Wildman–Crippen MR) is 93.7 cm³/mol. The highest BCUT2D eigenvalue weighted by atomic mass is 35.5. The first kappa shape index (κ1) is 17.3. The van der Waals surface area contributed by atoms with Gasteiger partial charge in [0.05, 0.1) is 0 Å². The van der Waals surface area contributed by atoms with Crippen LogP contribution in [-0.4, -0.2) is 25.0 Å². The Balaban J connectivity index is 0.00000176. The van der Waals surface area contributed by atoms with Gasteiger partial charge in [-0.25, -0.2) is 0 Å². The summed E-state index contributed by atoms with van der Waals surface area (Å²) in [6.45, 7) is 6.62. The lowest BCUT2D eigenvalue weighted by molar-refractivity contribution is -0.120. The van der Waals surface area contributed by atoms with Crippen molar-refractivity contribution in [2.45, 2.75) is 45.6 Å². The van der Waals surface area contributed by atoms with Crippen molar-refractivity contribution >= 4 is 24.0 Å². The highest BCUT2D eigenvalue weighted by Crippen LogP contribution is 2.34. The van der Waals surface area contributed by atoms with E-state index in [9.17, 15) is 4.79 Å². The summed E-state index contributed by atoms with van der Waals surface area (Å²) in [4.78, 5) is 14.8. The van der Waals surface area contributed by atoms with Gasteiger partial charge in [-0.1, -0.05) is 25.1 Å². The van der Waals surface area contributed by atoms with Crippen molar-refractivity contribution in [2.75, 3.05) is 18.0 Å². The molecule has 0 radical (unpaired) electrons. The molecule has 122 valence electrons. The minimum absolute atomic E-state index is 0. The van der Waals surface area contributed by atoms with Crippen molar-refractivity contribution in [3.8, 4) is 0 Å². The number of carbonyl (C=O) groups excluding carboxylic acids is 1. The molecule has 1 saturated heterocycles. The van der Waals surface area contributed by atoms with Gasteiger partial charge >= 0.3 is 0 Å². The molecular formula is C18H27ClN2O. The maximum absolute atomic E-state index is 12.8. The van der Waals surface area contributed by atoms with Gasteiger partial charge in [-0.15, -0.1) is 12.4 Å². The van der Waals surface area contributed by atoms with E-state index in [1.807, 2.05) is 11.0 Å². The van der Waals surface area contributed by atoms with Crippen LogP contribution in [-0.2, 0) is 11.2 Å². The molecule has 0 saturated carbocycles. The largest absolute Gasteiger partial charge is 0.317 e. The molecule has 3 rings (SSSR count). The Bertz CT molecular complexity index is 514.